The molecule has 0 spiro atoms. The summed E-state index contributed by atoms with van der Waals surface area (Å²) < 4.78 is 4.88. The summed E-state index contributed by atoms with van der Waals surface area (Å²) in [6, 6.07) is 9.57. The lowest BCUT2D eigenvalue weighted by Gasteiger charge is -2.29. The van der Waals surface area contributed by atoms with Crippen LogP contribution in [0, 0.1) is 5.41 Å². The minimum Gasteiger partial charge on any atom is -0.465 e. The monoisotopic (exact) mass is 284 g/mol. The number of carbonyl (C=O) groups is 2. The van der Waals surface area contributed by atoms with Crippen LogP contribution in [-0.4, -0.2) is 18.9 Å². The zero-order valence-corrected chi connectivity index (χ0v) is 12.7. The molecule has 0 unspecified atom stereocenters. The first-order valence-electron chi connectivity index (χ1n) is 7.00. The fourth-order valence-electron chi connectivity index (χ4n) is 2.63. The average Bonchev–Trinajstić information content (AvgIpc) is 2.43. The molecule has 0 heterocycles. The second-order valence-corrected chi connectivity index (χ2v) is 6.11. The van der Waals surface area contributed by atoms with Crippen molar-refractivity contribution in [2.24, 2.45) is 5.41 Å². The Kier molecular flexibility index (Phi) is 4.41. The summed E-state index contributed by atoms with van der Waals surface area (Å²) in [4.78, 5) is 24.0. The number of esters is 1. The molecule has 0 atom stereocenters. The highest BCUT2D eigenvalue weighted by atomic mass is 16.5. The molecule has 0 saturated heterocycles. The Balaban J connectivity index is 2.44. The summed E-state index contributed by atoms with van der Waals surface area (Å²) in [5.41, 5.74) is 2.00. The number of rotatable bonds is 3. The van der Waals surface area contributed by atoms with Crippen molar-refractivity contribution in [3.05, 3.63) is 53.1 Å². The molecule has 1 aliphatic carbocycles. The van der Waals surface area contributed by atoms with Gasteiger partial charge in [-0.05, 0) is 35.1 Å². The average molecular weight is 284 g/mol. The van der Waals surface area contributed by atoms with Crippen molar-refractivity contribution in [2.45, 2.75) is 26.7 Å². The maximum Gasteiger partial charge on any atom is 0.338 e. The highest BCUT2D eigenvalue weighted by Gasteiger charge is 2.30. The van der Waals surface area contributed by atoms with E-state index in [-0.39, 0.29) is 11.2 Å². The van der Waals surface area contributed by atoms with Crippen LogP contribution in [-0.2, 0) is 14.3 Å². The molecule has 1 aliphatic rings. The van der Waals surface area contributed by atoms with E-state index in [1.165, 1.54) is 7.11 Å². The SMILES string of the molecule is COC(=O)/C(=C/c1ccccc1)C1=CC(=O)CC(C)(C)C1. The topological polar surface area (TPSA) is 43.4 Å². The molecule has 3 heteroatoms. The van der Waals surface area contributed by atoms with Gasteiger partial charge in [0.05, 0.1) is 12.7 Å². The third-order valence-electron chi connectivity index (χ3n) is 3.52. The van der Waals surface area contributed by atoms with E-state index in [0.29, 0.717) is 18.4 Å². The van der Waals surface area contributed by atoms with Gasteiger partial charge in [0.25, 0.3) is 0 Å². The quantitative estimate of drug-likeness (QED) is 0.629. The summed E-state index contributed by atoms with van der Waals surface area (Å²) in [5.74, 6) is -0.347. The van der Waals surface area contributed by atoms with Gasteiger partial charge in [0.15, 0.2) is 5.78 Å². The molecule has 1 aromatic rings. The van der Waals surface area contributed by atoms with Gasteiger partial charge in [-0.3, -0.25) is 4.79 Å². The maximum atomic E-state index is 12.1. The van der Waals surface area contributed by atoms with Crippen LogP contribution in [0.15, 0.2) is 47.6 Å². The Bertz CT molecular complexity index is 607. The lowest BCUT2D eigenvalue weighted by molar-refractivity contribution is -0.135. The van der Waals surface area contributed by atoms with Crippen LogP contribution in [0.3, 0.4) is 0 Å². The van der Waals surface area contributed by atoms with Crippen molar-refractivity contribution in [3.8, 4) is 0 Å². The van der Waals surface area contributed by atoms with Crippen molar-refractivity contribution in [2.75, 3.05) is 7.11 Å². The summed E-state index contributed by atoms with van der Waals surface area (Å²) in [6.45, 7) is 4.07. The van der Waals surface area contributed by atoms with Gasteiger partial charge in [-0.15, -0.1) is 0 Å². The van der Waals surface area contributed by atoms with Crippen LogP contribution in [0.2, 0.25) is 0 Å². The highest BCUT2D eigenvalue weighted by Crippen LogP contribution is 2.37. The number of hydrogen-bond acceptors (Lipinski definition) is 3. The number of ketones is 1. The largest absolute Gasteiger partial charge is 0.465 e. The van der Waals surface area contributed by atoms with Gasteiger partial charge in [0.1, 0.15) is 0 Å². The zero-order chi connectivity index (χ0) is 15.5. The molecular formula is C18H20O3. The number of ether oxygens (including phenoxy) is 1. The van der Waals surface area contributed by atoms with Crippen molar-refractivity contribution < 1.29 is 14.3 Å². The number of benzene rings is 1. The van der Waals surface area contributed by atoms with Crippen LogP contribution in [0.1, 0.15) is 32.3 Å². The van der Waals surface area contributed by atoms with E-state index in [1.54, 1.807) is 12.2 Å². The molecular weight excluding hydrogens is 264 g/mol. The Morgan fingerprint density at radius 3 is 2.43 bits per heavy atom. The lowest BCUT2D eigenvalue weighted by Crippen LogP contribution is -2.24. The van der Waals surface area contributed by atoms with Crippen molar-refractivity contribution in [1.82, 2.24) is 0 Å². The highest BCUT2D eigenvalue weighted by molar-refractivity contribution is 6.02. The number of allylic oxidation sites excluding steroid dienone is 1. The molecule has 0 N–H and O–H groups in total. The van der Waals surface area contributed by atoms with Crippen LogP contribution < -0.4 is 0 Å². The summed E-state index contributed by atoms with van der Waals surface area (Å²) in [6.07, 6.45) is 4.56. The predicted molar refractivity (Wildman–Crippen MR) is 82.5 cm³/mol. The molecule has 0 amide bonds. The van der Waals surface area contributed by atoms with Crippen LogP contribution in [0.5, 0.6) is 0 Å². The van der Waals surface area contributed by atoms with Crippen molar-refractivity contribution in [3.63, 3.8) is 0 Å². The van der Waals surface area contributed by atoms with E-state index in [2.05, 4.69) is 0 Å². The normalized spacial score (nSPS) is 18.1. The van der Waals surface area contributed by atoms with E-state index >= 15 is 0 Å². The van der Waals surface area contributed by atoms with E-state index in [0.717, 1.165) is 11.1 Å². The minimum absolute atomic E-state index is 0.0594. The predicted octanol–water partition coefficient (Wildman–Crippen LogP) is 3.56. The van der Waals surface area contributed by atoms with Gasteiger partial charge in [-0.1, -0.05) is 44.2 Å². The molecule has 21 heavy (non-hydrogen) atoms. The maximum absolute atomic E-state index is 12.1. The standard InChI is InChI=1S/C18H20O3/c1-18(2)11-14(10-15(19)12-18)16(17(20)21-3)9-13-7-5-4-6-8-13/h4-10H,11-12H2,1-3H3/b16-9+. The molecule has 0 aromatic heterocycles. The second-order valence-electron chi connectivity index (χ2n) is 6.11. The number of hydrogen-bond donors (Lipinski definition) is 0. The van der Waals surface area contributed by atoms with Crippen molar-refractivity contribution >= 4 is 17.8 Å². The first-order valence-corrected chi connectivity index (χ1v) is 7.00. The van der Waals surface area contributed by atoms with E-state index < -0.39 is 5.97 Å². The van der Waals surface area contributed by atoms with Crippen LogP contribution in [0.25, 0.3) is 6.08 Å². The van der Waals surface area contributed by atoms with Gasteiger partial charge in [0.2, 0.25) is 0 Å². The second kappa shape index (κ2) is 6.08. The third-order valence-corrected chi connectivity index (χ3v) is 3.52. The lowest BCUT2D eigenvalue weighted by atomic mass is 9.75. The van der Waals surface area contributed by atoms with Crippen molar-refractivity contribution in [1.29, 1.82) is 0 Å². The molecule has 0 bridgehead atoms. The van der Waals surface area contributed by atoms with Gasteiger partial charge in [-0.2, -0.15) is 0 Å². The third kappa shape index (κ3) is 3.91. The molecule has 2 rings (SSSR count). The number of methoxy groups -OCH3 is 1. The molecule has 0 fully saturated rings. The molecule has 1 aromatic carbocycles. The summed E-state index contributed by atoms with van der Waals surface area (Å²) >= 11 is 0. The summed E-state index contributed by atoms with van der Waals surface area (Å²) in [7, 11) is 1.36. The Morgan fingerprint density at radius 2 is 1.86 bits per heavy atom. The molecule has 110 valence electrons. The smallest absolute Gasteiger partial charge is 0.338 e. The summed E-state index contributed by atoms with van der Waals surface area (Å²) in [5, 5.41) is 0. The molecule has 0 radical (unpaired) electrons. The first-order chi connectivity index (χ1) is 9.91. The Hall–Kier alpha value is -2.16. The first kappa shape index (κ1) is 15.2. The minimum atomic E-state index is -0.407. The van der Waals surface area contributed by atoms with Gasteiger partial charge in [0, 0.05) is 6.42 Å². The molecule has 0 saturated carbocycles. The van der Waals surface area contributed by atoms with Gasteiger partial charge in [-0.25, -0.2) is 4.79 Å². The Morgan fingerprint density at radius 1 is 1.19 bits per heavy atom. The fourth-order valence-corrected chi connectivity index (χ4v) is 2.63. The molecule has 3 nitrogen and oxygen atoms in total. The molecule has 0 aliphatic heterocycles. The van der Waals surface area contributed by atoms with Gasteiger partial charge < -0.3 is 4.74 Å². The van der Waals surface area contributed by atoms with Gasteiger partial charge >= 0.3 is 5.97 Å². The van der Waals surface area contributed by atoms with Crippen LogP contribution >= 0.6 is 0 Å². The zero-order valence-electron chi connectivity index (χ0n) is 12.7. The number of carbonyl (C=O) groups excluding carboxylic acids is 2. The van der Waals surface area contributed by atoms with Crippen LogP contribution in [0.4, 0.5) is 0 Å². The fraction of sp³-hybridized carbons (Fsp3) is 0.333. The van der Waals surface area contributed by atoms with E-state index in [9.17, 15) is 9.59 Å². The Labute approximate surface area is 125 Å². The van der Waals surface area contributed by atoms with E-state index in [1.807, 2.05) is 44.2 Å². The van der Waals surface area contributed by atoms with E-state index in [4.69, 9.17) is 4.74 Å².